The fourth-order valence-corrected chi connectivity index (χ4v) is 2.43. The Bertz CT molecular complexity index is 454. The van der Waals surface area contributed by atoms with Gasteiger partial charge >= 0.3 is 113 Å². The molecule has 2 rings (SSSR count). The molecule has 0 radical (unpaired) electrons. The molecular formula is C13H13FIO3-. The van der Waals surface area contributed by atoms with Crippen LogP contribution >= 0.6 is 20.6 Å². The minimum atomic E-state index is -3.07. The van der Waals surface area contributed by atoms with Crippen molar-refractivity contribution in [2.45, 2.75) is 18.9 Å². The van der Waals surface area contributed by atoms with Gasteiger partial charge in [0, 0.05) is 0 Å². The van der Waals surface area contributed by atoms with E-state index in [1.807, 2.05) is 6.08 Å². The zero-order valence-corrected chi connectivity index (χ0v) is 11.7. The van der Waals surface area contributed by atoms with Crippen LogP contribution in [0.4, 0.5) is 4.39 Å². The van der Waals surface area contributed by atoms with Gasteiger partial charge in [0.1, 0.15) is 0 Å². The summed E-state index contributed by atoms with van der Waals surface area (Å²) in [7, 11) is 0. The van der Waals surface area contributed by atoms with E-state index in [1.165, 1.54) is 16.2 Å². The van der Waals surface area contributed by atoms with Crippen LogP contribution < -0.4 is 3.44 Å². The van der Waals surface area contributed by atoms with Gasteiger partial charge in [-0.1, -0.05) is 0 Å². The quantitative estimate of drug-likeness (QED) is 0.835. The number of hydrogen-bond donors (Lipinski definition) is 1. The monoisotopic (exact) mass is 363 g/mol. The zero-order valence-electron chi connectivity index (χ0n) is 9.55. The average Bonchev–Trinajstić information content (AvgIpc) is 2.77. The summed E-state index contributed by atoms with van der Waals surface area (Å²) in [6.45, 7) is 0. The molecule has 3 nitrogen and oxygen atoms in total. The third kappa shape index (κ3) is 4.08. The van der Waals surface area contributed by atoms with Crippen molar-refractivity contribution in [1.29, 1.82) is 0 Å². The van der Waals surface area contributed by atoms with Crippen LogP contribution in [0.15, 0.2) is 46.3 Å². The number of benzene rings is 1. The van der Waals surface area contributed by atoms with Gasteiger partial charge in [0.15, 0.2) is 0 Å². The van der Waals surface area contributed by atoms with E-state index in [-0.39, 0.29) is 11.9 Å². The SMILES string of the molecule is [O-]I(O)/C=C/C1=CCC(Cc2ccc(F)cc2)O1. The van der Waals surface area contributed by atoms with Crippen molar-refractivity contribution >= 4 is 20.6 Å². The molecule has 0 aliphatic carbocycles. The molecule has 1 aliphatic heterocycles. The molecule has 1 aromatic carbocycles. The Hall–Kier alpha value is -0.920. The molecule has 0 aromatic heterocycles. The molecule has 0 fully saturated rings. The summed E-state index contributed by atoms with van der Waals surface area (Å²) in [5, 5.41) is 0. The molecule has 1 aliphatic rings. The zero-order chi connectivity index (χ0) is 13.0. The molecular weight excluding hydrogens is 350 g/mol. The van der Waals surface area contributed by atoms with E-state index in [2.05, 4.69) is 0 Å². The summed E-state index contributed by atoms with van der Waals surface area (Å²) >= 11 is -3.07. The van der Waals surface area contributed by atoms with Crippen molar-refractivity contribution in [2.75, 3.05) is 0 Å². The Morgan fingerprint density at radius 2 is 2.17 bits per heavy atom. The minimum absolute atomic E-state index is 0.0164. The predicted molar refractivity (Wildman–Crippen MR) is 73.1 cm³/mol. The fraction of sp³-hybridized carbons (Fsp3) is 0.231. The Morgan fingerprint density at radius 1 is 1.44 bits per heavy atom. The molecule has 5 heteroatoms. The molecule has 18 heavy (non-hydrogen) atoms. The molecule has 98 valence electrons. The fourth-order valence-electron chi connectivity index (χ4n) is 1.77. The first-order valence-corrected chi connectivity index (χ1v) is 8.57. The first-order valence-electron chi connectivity index (χ1n) is 5.48. The molecule has 1 unspecified atom stereocenters. The van der Waals surface area contributed by atoms with E-state index in [4.69, 9.17) is 8.17 Å². The topological polar surface area (TPSA) is 52.5 Å². The van der Waals surface area contributed by atoms with Crippen LogP contribution in [0.2, 0.25) is 0 Å². The maximum absolute atomic E-state index is 12.7. The van der Waals surface area contributed by atoms with E-state index < -0.39 is 20.6 Å². The number of rotatable bonds is 4. The van der Waals surface area contributed by atoms with Crippen LogP contribution in [-0.2, 0) is 11.2 Å². The molecule has 1 N–H and O–H groups in total. The number of hydrogen-bond acceptors (Lipinski definition) is 3. The van der Waals surface area contributed by atoms with Gasteiger partial charge in [-0.3, -0.25) is 0 Å². The van der Waals surface area contributed by atoms with Gasteiger partial charge in [-0.25, -0.2) is 0 Å². The Labute approximate surface area is 113 Å². The number of allylic oxidation sites excluding steroid dienone is 1. The Morgan fingerprint density at radius 3 is 2.83 bits per heavy atom. The van der Waals surface area contributed by atoms with Gasteiger partial charge in [-0.05, 0) is 0 Å². The summed E-state index contributed by atoms with van der Waals surface area (Å²) < 4.78 is 39.0. The second-order valence-electron chi connectivity index (χ2n) is 3.96. The van der Waals surface area contributed by atoms with Gasteiger partial charge in [0.05, 0.1) is 0 Å². The molecule has 0 saturated heterocycles. The molecule has 1 atom stereocenters. The Balaban J connectivity index is 1.86. The van der Waals surface area contributed by atoms with Crippen molar-refractivity contribution in [1.82, 2.24) is 0 Å². The summed E-state index contributed by atoms with van der Waals surface area (Å²) in [4.78, 5) is 0. The van der Waals surface area contributed by atoms with Gasteiger partial charge in [0.2, 0.25) is 0 Å². The van der Waals surface area contributed by atoms with Crippen LogP contribution in [0.25, 0.3) is 0 Å². The van der Waals surface area contributed by atoms with Crippen molar-refractivity contribution in [3.63, 3.8) is 0 Å². The second-order valence-corrected chi connectivity index (χ2v) is 6.14. The van der Waals surface area contributed by atoms with Crippen LogP contribution in [0.1, 0.15) is 12.0 Å². The average molecular weight is 363 g/mol. The van der Waals surface area contributed by atoms with Gasteiger partial charge in [-0.15, -0.1) is 0 Å². The Kier molecular flexibility index (Phi) is 4.73. The van der Waals surface area contributed by atoms with E-state index in [1.54, 1.807) is 18.2 Å². The van der Waals surface area contributed by atoms with E-state index in [0.29, 0.717) is 12.2 Å². The summed E-state index contributed by atoms with van der Waals surface area (Å²) in [5.41, 5.74) is 1.01. The molecule has 1 aromatic rings. The van der Waals surface area contributed by atoms with Crippen molar-refractivity contribution < 1.29 is 16.0 Å². The predicted octanol–water partition coefficient (Wildman–Crippen LogP) is 2.24. The summed E-state index contributed by atoms with van der Waals surface area (Å²) in [6.07, 6.45) is 4.91. The third-order valence-corrected chi connectivity index (χ3v) is 3.57. The molecule has 1 heterocycles. The van der Waals surface area contributed by atoms with Crippen molar-refractivity contribution in [3.8, 4) is 0 Å². The number of halogens is 2. The summed E-state index contributed by atoms with van der Waals surface area (Å²) in [5.74, 6) is 0.386. The first kappa shape index (κ1) is 13.5. The van der Waals surface area contributed by atoms with Crippen LogP contribution in [0.5, 0.6) is 0 Å². The van der Waals surface area contributed by atoms with Crippen LogP contribution in [-0.4, -0.2) is 9.54 Å². The van der Waals surface area contributed by atoms with Gasteiger partial charge in [-0.2, -0.15) is 0 Å². The molecule has 0 spiro atoms. The molecule has 0 bridgehead atoms. The first-order chi connectivity index (χ1) is 8.63. The van der Waals surface area contributed by atoms with E-state index in [0.717, 1.165) is 12.0 Å². The second kappa shape index (κ2) is 6.31. The van der Waals surface area contributed by atoms with Crippen LogP contribution in [0.3, 0.4) is 0 Å². The maximum atomic E-state index is 12.7. The van der Waals surface area contributed by atoms with Crippen molar-refractivity contribution in [2.24, 2.45) is 0 Å². The van der Waals surface area contributed by atoms with Gasteiger partial charge in [0.25, 0.3) is 0 Å². The standard InChI is InChI=1S/C13H13FIO3/c14-11-3-1-10(2-4-11)9-13-6-5-12(18-13)7-8-15(16)17/h1-5,7-8,13,16H,6,9H2/q-1/b8-7+. The van der Waals surface area contributed by atoms with E-state index >= 15 is 0 Å². The van der Waals surface area contributed by atoms with Gasteiger partial charge < -0.3 is 0 Å². The molecule has 0 amide bonds. The molecule has 0 saturated carbocycles. The van der Waals surface area contributed by atoms with E-state index in [9.17, 15) is 7.83 Å². The summed E-state index contributed by atoms with van der Waals surface area (Å²) in [6, 6.07) is 6.33. The third-order valence-electron chi connectivity index (χ3n) is 2.60. The van der Waals surface area contributed by atoms with Crippen LogP contribution in [0, 0.1) is 5.82 Å². The van der Waals surface area contributed by atoms with Crippen molar-refractivity contribution in [3.05, 3.63) is 57.6 Å². The number of ether oxygens (including phenoxy) is 1. The normalized spacial score (nSPS) is 19.8.